The molecule has 2 aliphatic rings. The number of esters is 1. The molecule has 1 aliphatic carbocycles. The quantitative estimate of drug-likeness (QED) is 0.0335. The Morgan fingerprint density at radius 1 is 0.917 bits per heavy atom. The van der Waals surface area contributed by atoms with Crippen LogP contribution in [-0.4, -0.2) is 117 Å². The lowest BCUT2D eigenvalue weighted by atomic mass is 10.1. The number of amides is 2. The van der Waals surface area contributed by atoms with Crippen LogP contribution >= 0.6 is 0 Å². The molecule has 21 heteroatoms. The van der Waals surface area contributed by atoms with Gasteiger partial charge in [0.15, 0.2) is 6.23 Å². The molecule has 48 heavy (non-hydrogen) atoms. The summed E-state index contributed by atoms with van der Waals surface area (Å²) in [5.74, 6) is -4.09. The Labute approximate surface area is 269 Å². The van der Waals surface area contributed by atoms with Crippen molar-refractivity contribution in [3.63, 3.8) is 0 Å². The van der Waals surface area contributed by atoms with Gasteiger partial charge in [0.25, 0.3) is 0 Å². The number of aliphatic carboxylic acids is 1. The molecule has 3 heterocycles. The smallest absolute Gasteiger partial charge is 0.351 e. The molecule has 262 valence electrons. The maximum absolute atomic E-state index is 12.4. The minimum absolute atomic E-state index is 0.0961. The third kappa shape index (κ3) is 9.47. The van der Waals surface area contributed by atoms with Crippen molar-refractivity contribution in [2.45, 2.75) is 74.9 Å². The van der Waals surface area contributed by atoms with E-state index in [9.17, 15) is 44.1 Å². The molecule has 8 unspecified atom stereocenters. The van der Waals surface area contributed by atoms with Crippen LogP contribution in [0.25, 0.3) is 0 Å². The van der Waals surface area contributed by atoms with Gasteiger partial charge >= 0.3 is 23.3 Å². The molecule has 21 nitrogen and oxygen atoms in total. The zero-order valence-electron chi connectivity index (χ0n) is 25.0. The van der Waals surface area contributed by atoms with E-state index in [1.807, 2.05) is 0 Å². The van der Waals surface area contributed by atoms with Crippen LogP contribution in [-0.2, 0) is 33.5 Å². The van der Waals surface area contributed by atoms with E-state index < -0.39 is 110 Å². The highest BCUT2D eigenvalue weighted by molar-refractivity contribution is 5.92. The SMILES string of the molecule is O=C(O)CCC(=O)Nc1ccn(C2OC2C(O)C(O)COC(=O)CCC(=O)Nc2ccn(C3CC3C(O)C(CO)OO)c(=O)n2)c(=O)n1. The number of aliphatic hydroxyl groups is 4. The first-order chi connectivity index (χ1) is 22.8. The molecule has 0 radical (unpaired) electrons. The lowest BCUT2D eigenvalue weighted by molar-refractivity contribution is -0.304. The fraction of sp³-hybridized carbons (Fsp3) is 0.556. The molecular weight excluding hydrogens is 648 g/mol. The van der Waals surface area contributed by atoms with E-state index in [1.54, 1.807) is 0 Å². The van der Waals surface area contributed by atoms with Crippen molar-refractivity contribution in [1.29, 1.82) is 0 Å². The number of hydrogen-bond acceptors (Lipinski definition) is 16. The number of aromatic nitrogens is 4. The van der Waals surface area contributed by atoms with Crippen LogP contribution in [0.15, 0.2) is 34.1 Å². The zero-order chi connectivity index (χ0) is 35.1. The number of carbonyl (C=O) groups is 4. The second-order valence-corrected chi connectivity index (χ2v) is 11.0. The van der Waals surface area contributed by atoms with Crippen LogP contribution in [0.1, 0.15) is 44.4 Å². The second-order valence-electron chi connectivity index (χ2n) is 11.0. The van der Waals surface area contributed by atoms with Crippen molar-refractivity contribution >= 4 is 35.4 Å². The van der Waals surface area contributed by atoms with E-state index in [2.05, 4.69) is 25.5 Å². The number of hydrogen-bond donors (Lipinski definition) is 8. The first-order valence-electron chi connectivity index (χ1n) is 14.6. The van der Waals surface area contributed by atoms with E-state index >= 15 is 0 Å². The molecule has 0 aromatic carbocycles. The maximum atomic E-state index is 12.4. The van der Waals surface area contributed by atoms with E-state index in [0.717, 1.165) is 4.57 Å². The highest BCUT2D eigenvalue weighted by Gasteiger charge is 2.49. The van der Waals surface area contributed by atoms with Gasteiger partial charge in [0.1, 0.15) is 42.7 Å². The predicted octanol–water partition coefficient (Wildman–Crippen LogP) is -3.04. The number of carbonyl (C=O) groups excluding carboxylic acids is 3. The van der Waals surface area contributed by atoms with Gasteiger partial charge in [-0.25, -0.2) is 14.5 Å². The minimum Gasteiger partial charge on any atom is -0.481 e. The van der Waals surface area contributed by atoms with Crippen molar-refractivity contribution in [2.75, 3.05) is 23.8 Å². The Balaban J connectivity index is 1.16. The first kappa shape index (κ1) is 36.2. The maximum Gasteiger partial charge on any atom is 0.351 e. The minimum atomic E-state index is -1.62. The standard InChI is InChI=1S/C27H34N6O15/c34-10-15(48-45)22(41)12-9-13(12)32-7-5-16(30-26(32)43)29-19(37)2-4-21(40)46-11-14(35)23(42)24-25(47-24)33-8-6-17(31-27(33)44)28-18(36)1-3-20(38)39/h5-8,12-15,22-25,34-35,41-42,45H,1-4,9-11H2,(H,38,39)(H,28,31,36,44)(H,29,30,37,43). The molecule has 8 atom stereocenters. The third-order valence-corrected chi connectivity index (χ3v) is 7.54. The molecule has 1 aliphatic heterocycles. The molecule has 1 saturated carbocycles. The number of nitrogens with one attached hydrogen (secondary N) is 2. The lowest BCUT2D eigenvalue weighted by Crippen LogP contribution is -2.37. The van der Waals surface area contributed by atoms with E-state index in [1.165, 1.54) is 29.1 Å². The van der Waals surface area contributed by atoms with E-state index in [0.29, 0.717) is 6.42 Å². The largest absolute Gasteiger partial charge is 0.481 e. The molecule has 0 spiro atoms. The molecule has 4 rings (SSSR count). The predicted molar refractivity (Wildman–Crippen MR) is 155 cm³/mol. The summed E-state index contributed by atoms with van der Waals surface area (Å²) in [6.45, 7) is -1.29. The van der Waals surface area contributed by atoms with Gasteiger partial charge in [0.2, 0.25) is 11.8 Å². The summed E-state index contributed by atoms with van der Waals surface area (Å²) >= 11 is 0. The first-order valence-corrected chi connectivity index (χ1v) is 14.6. The average molecular weight is 683 g/mol. The van der Waals surface area contributed by atoms with Crippen LogP contribution in [0, 0.1) is 5.92 Å². The monoisotopic (exact) mass is 682 g/mol. The van der Waals surface area contributed by atoms with Crippen molar-refractivity contribution in [3.8, 4) is 0 Å². The number of nitrogens with zero attached hydrogens (tertiary/aromatic N) is 4. The second kappa shape index (κ2) is 16.0. The van der Waals surface area contributed by atoms with Gasteiger partial charge in [-0.15, -0.1) is 0 Å². The summed E-state index contributed by atoms with van der Waals surface area (Å²) < 4.78 is 12.4. The van der Waals surface area contributed by atoms with Gasteiger partial charge in [0, 0.05) is 37.2 Å². The molecular formula is C27H34N6O15. The molecule has 0 bridgehead atoms. The van der Waals surface area contributed by atoms with Crippen molar-refractivity contribution < 1.29 is 64.3 Å². The topological polar surface area (TPSA) is 314 Å². The Morgan fingerprint density at radius 3 is 2.04 bits per heavy atom. The van der Waals surface area contributed by atoms with Crippen LogP contribution in [0.2, 0.25) is 0 Å². The number of carboxylic acids is 1. The van der Waals surface area contributed by atoms with E-state index in [4.69, 9.17) is 24.9 Å². The summed E-state index contributed by atoms with van der Waals surface area (Å²) in [6.07, 6.45) is -6.34. The van der Waals surface area contributed by atoms with Gasteiger partial charge in [0.05, 0.1) is 25.6 Å². The lowest BCUT2D eigenvalue weighted by Gasteiger charge is -2.17. The van der Waals surface area contributed by atoms with Crippen molar-refractivity contribution in [2.24, 2.45) is 5.92 Å². The molecule has 8 N–H and O–H groups in total. The van der Waals surface area contributed by atoms with Crippen molar-refractivity contribution in [1.82, 2.24) is 19.1 Å². The number of ether oxygens (including phenoxy) is 2. The number of aliphatic hydroxyl groups excluding tert-OH is 4. The van der Waals surface area contributed by atoms with Crippen LogP contribution in [0.3, 0.4) is 0 Å². The van der Waals surface area contributed by atoms with Crippen LogP contribution in [0.4, 0.5) is 11.6 Å². The number of carboxylic acid groups (broad SMARTS) is 1. The summed E-state index contributed by atoms with van der Waals surface area (Å²) in [4.78, 5) is 82.9. The number of anilines is 2. The van der Waals surface area contributed by atoms with Gasteiger partial charge in [-0.3, -0.25) is 33.6 Å². The molecule has 2 aromatic heterocycles. The third-order valence-electron chi connectivity index (χ3n) is 7.54. The van der Waals surface area contributed by atoms with Crippen LogP contribution < -0.4 is 22.0 Å². The van der Waals surface area contributed by atoms with E-state index in [-0.39, 0.29) is 24.5 Å². The zero-order valence-corrected chi connectivity index (χ0v) is 25.0. The fourth-order valence-corrected chi connectivity index (χ4v) is 4.78. The number of epoxide rings is 1. The molecule has 2 amide bonds. The molecule has 1 saturated heterocycles. The molecule has 2 aromatic rings. The average Bonchev–Trinajstić information content (AvgIpc) is 3.97. The Kier molecular flexibility index (Phi) is 12.0. The highest BCUT2D eigenvalue weighted by Crippen LogP contribution is 2.46. The Morgan fingerprint density at radius 2 is 1.50 bits per heavy atom. The van der Waals surface area contributed by atoms with Crippen LogP contribution in [0.5, 0.6) is 0 Å². The van der Waals surface area contributed by atoms with Crippen molar-refractivity contribution in [3.05, 3.63) is 45.5 Å². The summed E-state index contributed by atoms with van der Waals surface area (Å²) in [5, 5.41) is 61.9. The molecule has 2 fully saturated rings. The summed E-state index contributed by atoms with van der Waals surface area (Å²) in [7, 11) is 0. The number of rotatable bonds is 18. The normalized spacial score (nSPS) is 22.1. The van der Waals surface area contributed by atoms with Gasteiger partial charge in [-0.1, -0.05) is 0 Å². The fourth-order valence-electron chi connectivity index (χ4n) is 4.78. The van der Waals surface area contributed by atoms with Gasteiger partial charge < -0.3 is 45.6 Å². The Bertz CT molecular complexity index is 1610. The summed E-state index contributed by atoms with van der Waals surface area (Å²) in [6, 6.07) is 2.13. The summed E-state index contributed by atoms with van der Waals surface area (Å²) in [5.41, 5.74) is -1.59. The van der Waals surface area contributed by atoms with Gasteiger partial charge in [-0.2, -0.15) is 9.97 Å². The Hall–Kier alpha value is -4.64. The highest BCUT2D eigenvalue weighted by atomic mass is 17.1. The van der Waals surface area contributed by atoms with Gasteiger partial charge in [-0.05, 0) is 18.6 Å².